The number of hydrogen-bond acceptors (Lipinski definition) is 6. The molecule has 33 heavy (non-hydrogen) atoms. The van der Waals surface area contributed by atoms with Crippen molar-refractivity contribution in [3.63, 3.8) is 0 Å². The Morgan fingerprint density at radius 3 is 1.73 bits per heavy atom. The first-order valence-corrected chi connectivity index (χ1v) is 17.5. The first-order valence-electron chi connectivity index (χ1n) is 12.2. The number of unbranched alkanes of at least 4 members (excludes halogenated alkanes) is 10. The molecule has 2 nitrogen and oxygen atoms in total. The third-order valence-corrected chi connectivity index (χ3v) is 13.9. The van der Waals surface area contributed by atoms with Crippen LogP contribution in [-0.2, 0) is 0 Å². The molecule has 0 aromatic carbocycles. The van der Waals surface area contributed by atoms with Crippen LogP contribution in [0.5, 0.6) is 0 Å². The van der Waals surface area contributed by atoms with Gasteiger partial charge < -0.3 is 0 Å². The van der Waals surface area contributed by atoms with Crippen LogP contribution in [0.3, 0.4) is 0 Å². The van der Waals surface area contributed by atoms with Crippen molar-refractivity contribution in [2.24, 2.45) is 0 Å². The molecule has 0 radical (unpaired) electrons. The van der Waals surface area contributed by atoms with Gasteiger partial charge in [0.05, 0.1) is 0 Å². The van der Waals surface area contributed by atoms with Gasteiger partial charge in [0, 0.05) is 0 Å². The first kappa shape index (κ1) is 29.1. The first-order chi connectivity index (χ1) is 16.2. The van der Waals surface area contributed by atoms with E-state index in [9.17, 15) is 10.5 Å². The van der Waals surface area contributed by atoms with Crippen LogP contribution in [0.15, 0.2) is 20.6 Å². The van der Waals surface area contributed by atoms with Crippen LogP contribution in [0.4, 0.5) is 0 Å². The van der Waals surface area contributed by atoms with Crippen LogP contribution >= 0.6 is 47.0 Å². The number of hydrogen-bond donors (Lipinski definition) is 0. The molecule has 0 amide bonds. The summed E-state index contributed by atoms with van der Waals surface area (Å²) in [5.74, 6) is 2.41. The predicted octanol–water partition coefficient (Wildman–Crippen LogP) is 7.80. The Morgan fingerprint density at radius 1 is 0.758 bits per heavy atom. The van der Waals surface area contributed by atoms with E-state index >= 15 is 0 Å². The van der Waals surface area contributed by atoms with Crippen LogP contribution in [0.1, 0.15) is 90.9 Å². The van der Waals surface area contributed by atoms with E-state index in [1.54, 1.807) is 0 Å². The minimum atomic E-state index is 0.0601. The van der Waals surface area contributed by atoms with Crippen molar-refractivity contribution in [1.29, 1.82) is 10.5 Å². The fraction of sp³-hybridized carbons (Fsp3) is 0.615. The van der Waals surface area contributed by atoms with E-state index in [0.717, 1.165) is 4.09 Å². The van der Waals surface area contributed by atoms with Gasteiger partial charge in [0.2, 0.25) is 0 Å². The molecule has 7 heteroatoms. The second-order valence-corrected chi connectivity index (χ2v) is 15.4. The quantitative estimate of drug-likeness (QED) is 0.146. The standard InChI is InChI=1S/C26H36N2S4Se/c1-3-5-7-9-11-13-17-29-25-26(30-18-14-12-10-8-6-4-2)32-24(31-25)23-16-15-22(33-23)21(19-27)20-28/h15-16H,3-14,17-18H2,1-2H3. The Morgan fingerprint density at radius 2 is 1.24 bits per heavy atom. The number of rotatable bonds is 16. The SMILES string of the molecule is CCCCCCCCSC1=C(SCCCCCCCC)SC(=c2ccc(=C(C#N)C#N)[se]2)S1. The third kappa shape index (κ3) is 11.0. The Bertz CT molecular complexity index is 904. The summed E-state index contributed by atoms with van der Waals surface area (Å²) in [6.45, 7) is 4.55. The van der Waals surface area contributed by atoms with Gasteiger partial charge in [-0.15, -0.1) is 0 Å². The molecule has 1 aliphatic rings. The van der Waals surface area contributed by atoms with Crippen molar-refractivity contribution in [3.8, 4) is 12.1 Å². The van der Waals surface area contributed by atoms with Crippen LogP contribution in [0, 0.1) is 22.7 Å². The summed E-state index contributed by atoms with van der Waals surface area (Å²) in [7, 11) is 0. The maximum atomic E-state index is 9.20. The fourth-order valence-corrected chi connectivity index (χ4v) is 11.8. The molecule has 0 spiro atoms. The molecule has 1 aliphatic heterocycles. The molecular formula is C26H36N2S4Se. The summed E-state index contributed by atoms with van der Waals surface area (Å²) in [6.07, 6.45) is 16.1. The van der Waals surface area contributed by atoms with Crippen LogP contribution in [0.25, 0.3) is 9.81 Å². The molecule has 0 unspecified atom stereocenters. The van der Waals surface area contributed by atoms with E-state index in [-0.39, 0.29) is 20.1 Å². The van der Waals surface area contributed by atoms with E-state index in [0.29, 0.717) is 0 Å². The number of thioether (sulfide) groups is 4. The van der Waals surface area contributed by atoms with Gasteiger partial charge >= 0.3 is 211 Å². The van der Waals surface area contributed by atoms with Gasteiger partial charge in [-0.2, -0.15) is 0 Å². The minimum absolute atomic E-state index is 0.0601. The summed E-state index contributed by atoms with van der Waals surface area (Å²) in [4.78, 5) is 0. The van der Waals surface area contributed by atoms with Gasteiger partial charge in [-0.1, -0.05) is 13.8 Å². The van der Waals surface area contributed by atoms with Crippen molar-refractivity contribution < 1.29 is 0 Å². The zero-order chi connectivity index (χ0) is 23.7. The van der Waals surface area contributed by atoms with E-state index in [2.05, 4.69) is 32.1 Å². The molecule has 0 saturated heterocycles. The zero-order valence-electron chi connectivity index (χ0n) is 20.0. The van der Waals surface area contributed by atoms with E-state index in [4.69, 9.17) is 0 Å². The van der Waals surface area contributed by atoms with Crippen LogP contribution in [-0.4, -0.2) is 26.0 Å². The van der Waals surface area contributed by atoms with Gasteiger partial charge in [0.15, 0.2) is 0 Å². The van der Waals surface area contributed by atoms with Gasteiger partial charge in [0.25, 0.3) is 0 Å². The molecule has 180 valence electrons. The molecular weight excluding hydrogens is 548 g/mol. The fourth-order valence-electron chi connectivity index (χ4n) is 3.36. The van der Waals surface area contributed by atoms with Crippen LogP contribution < -0.4 is 8.19 Å². The summed E-state index contributed by atoms with van der Waals surface area (Å²) in [5, 5.41) is 18.4. The van der Waals surface area contributed by atoms with Crippen molar-refractivity contribution in [2.75, 3.05) is 11.5 Å². The summed E-state index contributed by atoms with van der Waals surface area (Å²) in [6, 6.07) is 8.23. The van der Waals surface area contributed by atoms with Gasteiger partial charge in [0.1, 0.15) is 0 Å². The number of nitriles is 2. The molecule has 2 rings (SSSR count). The van der Waals surface area contributed by atoms with Gasteiger partial charge in [-0.3, -0.25) is 0 Å². The Balaban J connectivity index is 1.98. The van der Waals surface area contributed by atoms with E-state index < -0.39 is 0 Å². The zero-order valence-corrected chi connectivity index (χ0v) is 25.0. The molecule has 0 saturated carbocycles. The van der Waals surface area contributed by atoms with Gasteiger partial charge in [-0.05, 0) is 0 Å². The van der Waals surface area contributed by atoms with Gasteiger partial charge in [-0.25, -0.2) is 0 Å². The summed E-state index contributed by atoms with van der Waals surface area (Å²) >= 11 is 8.01. The monoisotopic (exact) mass is 584 g/mol. The molecule has 1 aromatic rings. The average molecular weight is 584 g/mol. The predicted molar refractivity (Wildman–Crippen MR) is 155 cm³/mol. The maximum absolute atomic E-state index is 9.20. The average Bonchev–Trinajstić information content (AvgIpc) is 3.46. The Hall–Kier alpha value is -0.141. The van der Waals surface area contributed by atoms with Crippen LogP contribution in [0.2, 0.25) is 0 Å². The summed E-state index contributed by atoms with van der Waals surface area (Å²) in [5.41, 5.74) is 0.276. The molecule has 0 bridgehead atoms. The topological polar surface area (TPSA) is 47.6 Å². The molecule has 0 fully saturated rings. The molecule has 1 aromatic heterocycles. The van der Waals surface area contributed by atoms with E-state index in [1.165, 1.54) is 105 Å². The number of nitrogens with zero attached hydrogens (tertiary/aromatic N) is 2. The van der Waals surface area contributed by atoms with E-state index in [1.807, 2.05) is 53.1 Å². The molecule has 0 N–H and O–H groups in total. The van der Waals surface area contributed by atoms with Crippen molar-refractivity contribution in [3.05, 3.63) is 28.8 Å². The third-order valence-electron chi connectivity index (χ3n) is 5.28. The van der Waals surface area contributed by atoms with Crippen molar-refractivity contribution in [1.82, 2.24) is 0 Å². The van der Waals surface area contributed by atoms with Crippen molar-refractivity contribution >= 4 is 71.4 Å². The second-order valence-electron chi connectivity index (χ2n) is 8.06. The second kappa shape index (κ2) is 18.2. The Labute approximate surface area is 223 Å². The Kier molecular flexibility index (Phi) is 16.0. The molecule has 2 heterocycles. The molecule has 0 aliphatic carbocycles. The summed E-state index contributed by atoms with van der Waals surface area (Å²) < 4.78 is 6.57. The molecule has 0 atom stereocenters. The normalized spacial score (nSPS) is 13.4. The van der Waals surface area contributed by atoms with Crippen molar-refractivity contribution in [2.45, 2.75) is 90.9 Å².